The zero-order chi connectivity index (χ0) is 15.1. The van der Waals surface area contributed by atoms with Gasteiger partial charge in [0.05, 0.1) is 6.61 Å². The Morgan fingerprint density at radius 1 is 0.857 bits per heavy atom. The predicted molar refractivity (Wildman–Crippen MR) is 87.5 cm³/mol. The van der Waals surface area contributed by atoms with Gasteiger partial charge >= 0.3 is 0 Å². The van der Waals surface area contributed by atoms with Gasteiger partial charge in [-0.05, 0) is 43.7 Å². The number of para-hydroxylation sites is 2. The summed E-state index contributed by atoms with van der Waals surface area (Å²) in [4.78, 5) is 0. The van der Waals surface area contributed by atoms with E-state index in [1.807, 2.05) is 56.3 Å². The molecule has 0 saturated heterocycles. The summed E-state index contributed by atoms with van der Waals surface area (Å²) in [6, 6.07) is 13.6. The fraction of sp³-hybridized carbons (Fsp3) is 0.294. The van der Waals surface area contributed by atoms with Crippen LogP contribution in [0.15, 0.2) is 46.9 Å². The van der Waals surface area contributed by atoms with Crippen molar-refractivity contribution in [3.63, 3.8) is 0 Å². The Labute approximate surface area is 134 Å². The average molecular weight is 351 g/mol. The minimum absolute atomic E-state index is 0.468. The number of rotatable bonds is 7. The number of aryl methyl sites for hydroxylation is 1. The summed E-state index contributed by atoms with van der Waals surface area (Å²) in [5, 5.41) is 0. The molecule has 4 heteroatoms. The third-order valence-electron chi connectivity index (χ3n) is 2.90. The van der Waals surface area contributed by atoms with Crippen LogP contribution >= 0.6 is 15.9 Å². The minimum atomic E-state index is 0.468. The maximum atomic E-state index is 5.74. The van der Waals surface area contributed by atoms with Crippen LogP contribution in [0.3, 0.4) is 0 Å². The summed E-state index contributed by atoms with van der Waals surface area (Å²) in [7, 11) is 0. The molecular formula is C17H19BrO3. The van der Waals surface area contributed by atoms with Gasteiger partial charge in [-0.25, -0.2) is 0 Å². The van der Waals surface area contributed by atoms with Crippen LogP contribution in [0.25, 0.3) is 0 Å². The van der Waals surface area contributed by atoms with Crippen molar-refractivity contribution in [1.29, 1.82) is 0 Å². The molecule has 3 nitrogen and oxygen atoms in total. The summed E-state index contributed by atoms with van der Waals surface area (Å²) < 4.78 is 18.0. The Morgan fingerprint density at radius 3 is 2.14 bits per heavy atom. The lowest BCUT2D eigenvalue weighted by molar-refractivity contribution is 0.207. The van der Waals surface area contributed by atoms with Gasteiger partial charge in [-0.1, -0.05) is 34.1 Å². The molecular weight excluding hydrogens is 332 g/mol. The molecule has 2 aromatic rings. The third kappa shape index (κ3) is 4.67. The molecule has 0 aliphatic heterocycles. The van der Waals surface area contributed by atoms with E-state index < -0.39 is 0 Å². The van der Waals surface area contributed by atoms with Crippen LogP contribution in [0, 0.1) is 6.92 Å². The van der Waals surface area contributed by atoms with E-state index in [0.717, 1.165) is 27.3 Å². The molecule has 21 heavy (non-hydrogen) atoms. The van der Waals surface area contributed by atoms with Gasteiger partial charge in [0.2, 0.25) is 0 Å². The fourth-order valence-electron chi connectivity index (χ4n) is 1.88. The minimum Gasteiger partial charge on any atom is -0.490 e. The van der Waals surface area contributed by atoms with Crippen LogP contribution in [-0.4, -0.2) is 19.8 Å². The van der Waals surface area contributed by atoms with Crippen molar-refractivity contribution >= 4 is 15.9 Å². The molecule has 0 heterocycles. The van der Waals surface area contributed by atoms with Crippen LogP contribution in [0.2, 0.25) is 0 Å². The molecule has 0 atom stereocenters. The highest BCUT2D eigenvalue weighted by Crippen LogP contribution is 2.26. The molecule has 0 amide bonds. The molecule has 2 aromatic carbocycles. The zero-order valence-corrected chi connectivity index (χ0v) is 13.9. The van der Waals surface area contributed by atoms with Crippen molar-refractivity contribution < 1.29 is 14.2 Å². The first-order chi connectivity index (χ1) is 10.2. The van der Waals surface area contributed by atoms with Crippen molar-refractivity contribution in [2.75, 3.05) is 19.8 Å². The summed E-state index contributed by atoms with van der Waals surface area (Å²) in [5.41, 5.74) is 1.10. The van der Waals surface area contributed by atoms with Crippen molar-refractivity contribution in [2.45, 2.75) is 13.8 Å². The summed E-state index contributed by atoms with van der Waals surface area (Å²) in [6.45, 7) is 5.55. The second-order valence-corrected chi connectivity index (χ2v) is 5.40. The standard InChI is InChI=1S/C17H19BrO3/c1-3-19-15-6-4-5-7-16(15)20-10-11-21-17-12-14(18)9-8-13(17)2/h4-9,12H,3,10-11H2,1-2H3. The molecule has 0 aliphatic rings. The highest BCUT2D eigenvalue weighted by molar-refractivity contribution is 9.10. The maximum absolute atomic E-state index is 5.74. The van der Waals surface area contributed by atoms with Crippen molar-refractivity contribution in [3.05, 3.63) is 52.5 Å². The molecule has 0 unspecified atom stereocenters. The Bertz CT molecular complexity index is 584. The van der Waals surface area contributed by atoms with Gasteiger partial charge in [0.25, 0.3) is 0 Å². The van der Waals surface area contributed by atoms with Gasteiger partial charge in [-0.3, -0.25) is 0 Å². The van der Waals surface area contributed by atoms with E-state index in [9.17, 15) is 0 Å². The predicted octanol–water partition coefficient (Wildman–Crippen LogP) is 4.61. The first kappa shape index (κ1) is 15.7. The van der Waals surface area contributed by atoms with E-state index in [1.54, 1.807) is 0 Å². The second-order valence-electron chi connectivity index (χ2n) is 4.49. The van der Waals surface area contributed by atoms with Crippen molar-refractivity contribution in [2.24, 2.45) is 0 Å². The lowest BCUT2D eigenvalue weighted by atomic mass is 10.2. The van der Waals surface area contributed by atoms with Gasteiger partial charge in [0.1, 0.15) is 19.0 Å². The molecule has 0 bridgehead atoms. The van der Waals surface area contributed by atoms with Crippen LogP contribution < -0.4 is 14.2 Å². The molecule has 0 saturated carbocycles. The number of hydrogen-bond donors (Lipinski definition) is 0. The van der Waals surface area contributed by atoms with Gasteiger partial charge in [-0.15, -0.1) is 0 Å². The Kier molecular flexibility index (Phi) is 5.93. The van der Waals surface area contributed by atoms with Gasteiger partial charge in [-0.2, -0.15) is 0 Å². The normalized spacial score (nSPS) is 10.2. The Balaban J connectivity index is 1.86. The van der Waals surface area contributed by atoms with Gasteiger partial charge < -0.3 is 14.2 Å². The Morgan fingerprint density at radius 2 is 1.48 bits per heavy atom. The third-order valence-corrected chi connectivity index (χ3v) is 3.39. The van der Waals surface area contributed by atoms with Crippen LogP contribution in [0.1, 0.15) is 12.5 Å². The molecule has 2 rings (SSSR count). The van der Waals surface area contributed by atoms with E-state index in [1.165, 1.54) is 0 Å². The first-order valence-electron chi connectivity index (χ1n) is 6.94. The highest BCUT2D eigenvalue weighted by atomic mass is 79.9. The largest absolute Gasteiger partial charge is 0.490 e. The molecule has 0 aliphatic carbocycles. The van der Waals surface area contributed by atoms with E-state index in [4.69, 9.17) is 14.2 Å². The monoisotopic (exact) mass is 350 g/mol. The highest BCUT2D eigenvalue weighted by Gasteiger charge is 2.04. The van der Waals surface area contributed by atoms with E-state index in [-0.39, 0.29) is 0 Å². The summed E-state index contributed by atoms with van der Waals surface area (Å²) >= 11 is 3.44. The molecule has 0 fully saturated rings. The van der Waals surface area contributed by atoms with Crippen LogP contribution in [0.5, 0.6) is 17.2 Å². The van der Waals surface area contributed by atoms with Crippen molar-refractivity contribution in [3.8, 4) is 17.2 Å². The first-order valence-corrected chi connectivity index (χ1v) is 7.73. The number of hydrogen-bond acceptors (Lipinski definition) is 3. The van der Waals surface area contributed by atoms with Gasteiger partial charge in [0.15, 0.2) is 11.5 Å². The van der Waals surface area contributed by atoms with Crippen molar-refractivity contribution in [1.82, 2.24) is 0 Å². The SMILES string of the molecule is CCOc1ccccc1OCCOc1cc(Br)ccc1C. The van der Waals surface area contributed by atoms with Gasteiger partial charge in [0, 0.05) is 4.47 Å². The number of ether oxygens (including phenoxy) is 3. The Hall–Kier alpha value is -1.68. The second kappa shape index (κ2) is 7.93. The molecule has 112 valence electrons. The van der Waals surface area contributed by atoms with Crippen LogP contribution in [-0.2, 0) is 0 Å². The lowest BCUT2D eigenvalue weighted by Gasteiger charge is -2.13. The van der Waals surface area contributed by atoms with Crippen LogP contribution in [0.4, 0.5) is 0 Å². The lowest BCUT2D eigenvalue weighted by Crippen LogP contribution is -2.10. The van der Waals surface area contributed by atoms with E-state index in [0.29, 0.717) is 19.8 Å². The molecule has 0 spiro atoms. The number of benzene rings is 2. The summed E-state index contributed by atoms with van der Waals surface area (Å²) in [6.07, 6.45) is 0. The average Bonchev–Trinajstić information content (AvgIpc) is 2.49. The van der Waals surface area contributed by atoms with E-state index >= 15 is 0 Å². The summed E-state index contributed by atoms with van der Waals surface area (Å²) in [5.74, 6) is 2.37. The molecule has 0 N–H and O–H groups in total. The van der Waals surface area contributed by atoms with E-state index in [2.05, 4.69) is 15.9 Å². The quantitative estimate of drug-likeness (QED) is 0.682. The molecule has 0 radical (unpaired) electrons. The topological polar surface area (TPSA) is 27.7 Å². The fourth-order valence-corrected chi connectivity index (χ4v) is 2.22. The number of halogens is 1. The maximum Gasteiger partial charge on any atom is 0.161 e. The zero-order valence-electron chi connectivity index (χ0n) is 12.3. The molecule has 0 aromatic heterocycles. The smallest absolute Gasteiger partial charge is 0.161 e.